The predicted octanol–water partition coefficient (Wildman–Crippen LogP) is 11.5. The molecule has 2 saturated heterocycles. The quantitative estimate of drug-likeness (QED) is 0.0499. The summed E-state index contributed by atoms with van der Waals surface area (Å²) in [7, 11) is 6.31. The van der Waals surface area contributed by atoms with Crippen LogP contribution in [0, 0.1) is 13.8 Å². The van der Waals surface area contributed by atoms with E-state index in [0.717, 1.165) is 118 Å². The number of piperidine rings is 2. The molecular weight excluding hydrogens is 1000 g/mol. The molecule has 6 aromatic rings. The molecule has 0 bridgehead atoms. The zero-order valence-corrected chi connectivity index (χ0v) is 45.7. The molecule has 0 radical (unpaired) electrons. The lowest BCUT2D eigenvalue weighted by atomic mass is 9.92. The number of nitrogens with zero attached hydrogens (tertiary/aromatic N) is 6. The van der Waals surface area contributed by atoms with E-state index in [4.69, 9.17) is 51.6 Å². The number of rotatable bonds is 21. The first-order valence-electron chi connectivity index (χ1n) is 25.7. The molecule has 76 heavy (non-hydrogen) atoms. The van der Waals surface area contributed by atoms with Crippen LogP contribution >= 0.6 is 23.2 Å². The zero-order chi connectivity index (χ0) is 53.6. The molecule has 2 aliphatic rings. The number of esters is 2. The van der Waals surface area contributed by atoms with E-state index in [9.17, 15) is 9.59 Å². The molecule has 0 unspecified atom stereocenters. The highest BCUT2D eigenvalue weighted by molar-refractivity contribution is 6.32. The molecule has 398 valence electrons. The molecule has 0 aliphatic carbocycles. The summed E-state index contributed by atoms with van der Waals surface area (Å²) in [6.45, 7) is 7.55. The van der Waals surface area contributed by atoms with Crippen LogP contribution in [0.2, 0.25) is 10.0 Å². The molecule has 2 atom stereocenters. The fraction of sp³-hybridized carbons (Fsp3) is 0.367. The van der Waals surface area contributed by atoms with E-state index in [0.29, 0.717) is 46.1 Å². The fourth-order valence-corrected chi connectivity index (χ4v) is 10.5. The smallest absolute Gasteiger partial charge is 0.323 e. The largest absolute Gasteiger partial charge is 0.488 e. The Balaban J connectivity index is 1.01. The predicted molar refractivity (Wildman–Crippen MR) is 297 cm³/mol. The summed E-state index contributed by atoms with van der Waals surface area (Å²) in [4.78, 5) is 47.0. The zero-order valence-electron chi connectivity index (χ0n) is 44.2. The highest BCUT2D eigenvalue weighted by atomic mass is 35.5. The van der Waals surface area contributed by atoms with Crippen molar-refractivity contribution in [2.24, 2.45) is 9.98 Å². The Bertz CT molecular complexity index is 2860. The van der Waals surface area contributed by atoms with Gasteiger partial charge in [0, 0.05) is 110 Å². The molecule has 2 fully saturated rings. The maximum absolute atomic E-state index is 12.8. The van der Waals surface area contributed by atoms with Crippen LogP contribution in [0.15, 0.2) is 108 Å². The van der Waals surface area contributed by atoms with E-state index in [1.54, 1.807) is 51.3 Å². The van der Waals surface area contributed by atoms with Gasteiger partial charge in [-0.3, -0.25) is 39.3 Å². The summed E-state index contributed by atoms with van der Waals surface area (Å²) in [5, 5.41) is 0.864. The number of aliphatic imine (C=N–C) groups is 2. The van der Waals surface area contributed by atoms with Crippen molar-refractivity contribution in [1.82, 2.24) is 19.8 Å². The number of pyridine rings is 2. The minimum atomic E-state index is -0.355. The van der Waals surface area contributed by atoms with E-state index in [1.165, 1.54) is 14.2 Å². The number of halogens is 2. The third kappa shape index (κ3) is 14.0. The average molecular weight is 1070 g/mol. The molecule has 16 heteroatoms. The Hall–Kier alpha value is -6.84. The number of aromatic nitrogens is 2. The number of hydrogen-bond acceptors (Lipinski definition) is 14. The van der Waals surface area contributed by atoms with Crippen LogP contribution in [-0.2, 0) is 58.6 Å². The van der Waals surface area contributed by atoms with Gasteiger partial charge in [-0.05, 0) is 110 Å². The van der Waals surface area contributed by atoms with Gasteiger partial charge in [-0.25, -0.2) is 0 Å². The molecule has 4 heterocycles. The Labute approximate surface area is 456 Å². The molecule has 0 N–H and O–H groups in total. The van der Waals surface area contributed by atoms with Gasteiger partial charge in [-0.2, -0.15) is 0 Å². The third-order valence-corrected chi connectivity index (χ3v) is 14.7. The normalized spacial score (nSPS) is 16.2. The molecule has 14 nitrogen and oxygen atoms in total. The summed E-state index contributed by atoms with van der Waals surface area (Å²) in [5.74, 6) is 1.64. The Morgan fingerprint density at radius 2 is 0.987 bits per heavy atom. The SMILES string of the molecule is CN=Cc1cncc(COc2cc(OCc3cccc(-c4cccc(COc5cc(OCc6cncc(C=NC)c6)c(CN6CCCC[C@H]6C(=O)OC)cc5Cl)c4C)c3C)c(Cl)cc2CN2CCCC[C@H]2C(=O)OC)c1. The number of likely N-dealkylation sites (tertiary alicyclic amines) is 2. The third-order valence-electron chi connectivity index (χ3n) is 14.1. The lowest BCUT2D eigenvalue weighted by molar-refractivity contribution is -0.149. The van der Waals surface area contributed by atoms with Crippen molar-refractivity contribution in [3.8, 4) is 34.1 Å². The second-order valence-corrected chi connectivity index (χ2v) is 20.0. The van der Waals surface area contributed by atoms with Crippen LogP contribution in [-0.4, -0.2) is 97.6 Å². The van der Waals surface area contributed by atoms with Gasteiger partial charge in [-0.15, -0.1) is 0 Å². The Morgan fingerprint density at radius 1 is 0.566 bits per heavy atom. The van der Waals surface area contributed by atoms with E-state index in [-0.39, 0.29) is 50.4 Å². The Morgan fingerprint density at radius 3 is 1.39 bits per heavy atom. The molecule has 4 aromatic carbocycles. The van der Waals surface area contributed by atoms with Gasteiger partial charge in [0.25, 0.3) is 0 Å². The van der Waals surface area contributed by atoms with E-state index < -0.39 is 0 Å². The maximum Gasteiger partial charge on any atom is 0.323 e. The van der Waals surface area contributed by atoms with Crippen molar-refractivity contribution in [2.75, 3.05) is 41.4 Å². The van der Waals surface area contributed by atoms with Crippen molar-refractivity contribution in [3.05, 3.63) is 163 Å². The number of ether oxygens (including phenoxy) is 6. The van der Waals surface area contributed by atoms with Gasteiger partial charge in [0.15, 0.2) is 0 Å². The number of carbonyl (C=O) groups is 2. The van der Waals surface area contributed by atoms with Crippen LogP contribution in [0.5, 0.6) is 23.0 Å². The van der Waals surface area contributed by atoms with Gasteiger partial charge < -0.3 is 28.4 Å². The van der Waals surface area contributed by atoms with Crippen molar-refractivity contribution in [2.45, 2.75) is 104 Å². The highest BCUT2D eigenvalue weighted by Crippen LogP contribution is 2.39. The van der Waals surface area contributed by atoms with Crippen molar-refractivity contribution in [1.29, 1.82) is 0 Å². The van der Waals surface area contributed by atoms with Gasteiger partial charge >= 0.3 is 11.9 Å². The maximum atomic E-state index is 12.8. The molecule has 2 aromatic heterocycles. The van der Waals surface area contributed by atoms with Crippen molar-refractivity contribution < 1.29 is 38.0 Å². The van der Waals surface area contributed by atoms with Crippen LogP contribution in [0.1, 0.15) is 94.2 Å². The topological polar surface area (TPSA) is 146 Å². The second kappa shape index (κ2) is 26.8. The van der Waals surface area contributed by atoms with Crippen molar-refractivity contribution in [3.63, 3.8) is 0 Å². The summed E-state index contributed by atoms with van der Waals surface area (Å²) in [6.07, 6.45) is 15.8. The standard InChI is InChI=1S/C60H66Cl2N6O8/c1-39-45(37-75-57-25-55(73-35-43-21-41(27-63-3)29-65-31-43)47(23-51(57)61)33-67-19-9-7-17-53(67)59(69)71-5)13-11-15-49(39)50-16-12-14-46(40(50)2)38-76-58-26-56(74-36-44-22-42(28-64-4)30-66-32-44)48(24-52(58)62)34-68-20-10-8-18-54(68)60(70)72-6/h11-16,21-32,53-54H,7-10,17-20,33-38H2,1-6H3/t53-,54-/m0/s1. The molecule has 8 rings (SSSR count). The number of methoxy groups -OCH3 is 2. The lowest BCUT2D eigenvalue weighted by Crippen LogP contribution is -2.44. The van der Waals surface area contributed by atoms with Gasteiger partial charge in [0.1, 0.15) is 61.5 Å². The minimum Gasteiger partial charge on any atom is -0.488 e. The van der Waals surface area contributed by atoms with Gasteiger partial charge in [-0.1, -0.05) is 72.4 Å². The lowest BCUT2D eigenvalue weighted by Gasteiger charge is -2.34. The first-order valence-corrected chi connectivity index (χ1v) is 26.4. The van der Waals surface area contributed by atoms with Crippen LogP contribution < -0.4 is 18.9 Å². The Kier molecular flexibility index (Phi) is 19.5. The van der Waals surface area contributed by atoms with Crippen molar-refractivity contribution >= 4 is 47.6 Å². The molecule has 0 saturated carbocycles. The highest BCUT2D eigenvalue weighted by Gasteiger charge is 2.32. The van der Waals surface area contributed by atoms with Crippen LogP contribution in [0.25, 0.3) is 11.1 Å². The monoisotopic (exact) mass is 1070 g/mol. The van der Waals surface area contributed by atoms with Gasteiger partial charge in [0.05, 0.1) is 24.3 Å². The summed E-state index contributed by atoms with van der Waals surface area (Å²) in [6, 6.07) is 23.1. The summed E-state index contributed by atoms with van der Waals surface area (Å²) in [5.41, 5.74) is 11.3. The summed E-state index contributed by atoms with van der Waals surface area (Å²) >= 11 is 14.1. The summed E-state index contributed by atoms with van der Waals surface area (Å²) < 4.78 is 36.5. The molecular formula is C60H66Cl2N6O8. The number of carbonyl (C=O) groups excluding carboxylic acids is 2. The van der Waals surface area contributed by atoms with Gasteiger partial charge in [0.2, 0.25) is 0 Å². The molecule has 0 amide bonds. The first kappa shape index (κ1) is 55.4. The second-order valence-electron chi connectivity index (χ2n) is 19.2. The van der Waals surface area contributed by atoms with E-state index >= 15 is 0 Å². The fourth-order valence-electron chi connectivity index (χ4n) is 10.0. The van der Waals surface area contributed by atoms with Crippen LogP contribution in [0.3, 0.4) is 0 Å². The first-order chi connectivity index (χ1) is 37.0. The minimum absolute atomic E-state index is 0.244. The van der Waals surface area contributed by atoms with E-state index in [2.05, 4.69) is 67.9 Å². The number of benzene rings is 4. The number of hydrogen-bond donors (Lipinski definition) is 0. The molecule has 2 aliphatic heterocycles. The average Bonchev–Trinajstić information content (AvgIpc) is 3.43. The van der Waals surface area contributed by atoms with Crippen LogP contribution in [0.4, 0.5) is 0 Å². The van der Waals surface area contributed by atoms with E-state index in [1.807, 2.05) is 48.5 Å². The molecule has 0 spiro atoms.